The van der Waals surface area contributed by atoms with Crippen molar-refractivity contribution in [3.63, 3.8) is 0 Å². The number of aryl methyl sites for hydroxylation is 2. The van der Waals surface area contributed by atoms with E-state index in [1.54, 1.807) is 6.07 Å². The third kappa shape index (κ3) is 3.72. The fourth-order valence-electron chi connectivity index (χ4n) is 3.48. The summed E-state index contributed by atoms with van der Waals surface area (Å²) in [4.78, 5) is 24.3. The Bertz CT molecular complexity index is 971. The van der Waals surface area contributed by atoms with Gasteiger partial charge in [-0.2, -0.15) is 0 Å². The average Bonchev–Trinajstić information content (AvgIpc) is 3.31. The average molecular weight is 363 g/mol. The predicted molar refractivity (Wildman–Crippen MR) is 102 cm³/mol. The Labute approximate surface area is 157 Å². The van der Waals surface area contributed by atoms with E-state index >= 15 is 0 Å². The van der Waals surface area contributed by atoms with Crippen molar-refractivity contribution in [2.45, 2.75) is 32.2 Å². The number of hydrogen-bond donors (Lipinski definition) is 1. The first-order chi connectivity index (χ1) is 13.1. The number of nitrogens with one attached hydrogen (secondary N) is 1. The van der Waals surface area contributed by atoms with Crippen LogP contribution in [0.25, 0.3) is 11.0 Å². The molecule has 0 saturated heterocycles. The highest BCUT2D eigenvalue weighted by Crippen LogP contribution is 2.24. The molecular weight excluding hydrogens is 342 g/mol. The van der Waals surface area contributed by atoms with E-state index in [0.29, 0.717) is 11.3 Å². The molecule has 5 nitrogen and oxygen atoms in total. The lowest BCUT2D eigenvalue weighted by molar-refractivity contribution is -0.125. The molecule has 1 atom stereocenters. The Kier molecular flexibility index (Phi) is 4.67. The fourth-order valence-corrected chi connectivity index (χ4v) is 3.48. The Morgan fingerprint density at radius 1 is 1.11 bits per heavy atom. The number of esters is 1. The molecule has 5 heteroatoms. The van der Waals surface area contributed by atoms with E-state index < -0.39 is 5.97 Å². The molecule has 1 aliphatic carbocycles. The van der Waals surface area contributed by atoms with Crippen LogP contribution in [0.1, 0.15) is 46.6 Å². The summed E-state index contributed by atoms with van der Waals surface area (Å²) in [5.74, 6) is -0.178. The molecule has 138 valence electrons. The molecule has 0 radical (unpaired) electrons. The van der Waals surface area contributed by atoms with Gasteiger partial charge in [0, 0.05) is 5.39 Å². The minimum Gasteiger partial charge on any atom is -0.459 e. The van der Waals surface area contributed by atoms with Crippen LogP contribution in [0.5, 0.6) is 0 Å². The summed E-state index contributed by atoms with van der Waals surface area (Å²) in [6, 6.07) is 14.9. The van der Waals surface area contributed by atoms with Gasteiger partial charge in [0.2, 0.25) is 0 Å². The summed E-state index contributed by atoms with van der Waals surface area (Å²) in [6.45, 7) is 1.51. The van der Waals surface area contributed by atoms with Gasteiger partial charge < -0.3 is 14.5 Å². The molecule has 0 unspecified atom stereocenters. The summed E-state index contributed by atoms with van der Waals surface area (Å²) >= 11 is 0. The van der Waals surface area contributed by atoms with Gasteiger partial charge in [0.25, 0.3) is 5.91 Å². The number of benzene rings is 2. The molecule has 1 aliphatic rings. The van der Waals surface area contributed by atoms with Crippen LogP contribution in [0.3, 0.4) is 0 Å². The number of ether oxygens (including phenoxy) is 1. The lowest BCUT2D eigenvalue weighted by Crippen LogP contribution is -2.31. The minimum atomic E-state index is -0.476. The Morgan fingerprint density at radius 3 is 2.78 bits per heavy atom. The van der Waals surface area contributed by atoms with Crippen molar-refractivity contribution in [1.29, 1.82) is 0 Å². The predicted octanol–water partition coefficient (Wildman–Crippen LogP) is 3.96. The van der Waals surface area contributed by atoms with Gasteiger partial charge in [-0.1, -0.05) is 24.3 Å². The third-order valence-corrected chi connectivity index (χ3v) is 4.92. The highest BCUT2D eigenvalue weighted by molar-refractivity contribution is 5.91. The van der Waals surface area contributed by atoms with Crippen LogP contribution < -0.4 is 5.32 Å². The maximum atomic E-state index is 12.2. The monoisotopic (exact) mass is 363 g/mol. The minimum absolute atomic E-state index is 0.316. The Hall–Kier alpha value is -3.08. The molecule has 0 fully saturated rings. The van der Waals surface area contributed by atoms with Crippen LogP contribution in [-0.4, -0.2) is 18.5 Å². The van der Waals surface area contributed by atoms with Gasteiger partial charge in [0.15, 0.2) is 6.61 Å². The first-order valence-electron chi connectivity index (χ1n) is 9.17. The topological polar surface area (TPSA) is 68.5 Å². The van der Waals surface area contributed by atoms with Gasteiger partial charge in [-0.3, -0.25) is 4.79 Å². The molecule has 1 aromatic heterocycles. The maximum absolute atomic E-state index is 12.2. The van der Waals surface area contributed by atoms with Crippen molar-refractivity contribution in [2.24, 2.45) is 0 Å². The first-order valence-corrected chi connectivity index (χ1v) is 9.17. The molecule has 0 spiro atoms. The summed E-state index contributed by atoms with van der Waals surface area (Å²) in [7, 11) is 0. The van der Waals surface area contributed by atoms with Crippen LogP contribution in [0, 0.1) is 0 Å². The lowest BCUT2D eigenvalue weighted by atomic mass is 10.1. The van der Waals surface area contributed by atoms with Crippen molar-refractivity contribution in [2.75, 3.05) is 6.61 Å². The highest BCUT2D eigenvalue weighted by atomic mass is 16.5. The van der Waals surface area contributed by atoms with E-state index in [1.807, 2.05) is 49.4 Å². The number of rotatable bonds is 5. The number of para-hydroxylation sites is 1. The molecule has 0 saturated carbocycles. The lowest BCUT2D eigenvalue weighted by Gasteiger charge is -2.12. The van der Waals surface area contributed by atoms with Gasteiger partial charge in [0.05, 0.1) is 11.6 Å². The number of carbonyl (C=O) groups excluding carboxylic acids is 2. The SMILES string of the molecule is C[C@@H](NC(=O)COC(=O)c1ccc2c(c1)CCC2)c1cc2ccccc2o1. The van der Waals surface area contributed by atoms with E-state index in [9.17, 15) is 9.59 Å². The molecule has 4 rings (SSSR count). The number of carbonyl (C=O) groups is 2. The van der Waals surface area contributed by atoms with E-state index in [1.165, 1.54) is 11.1 Å². The van der Waals surface area contributed by atoms with Crippen LogP contribution in [-0.2, 0) is 22.4 Å². The Balaban J connectivity index is 1.33. The summed E-state index contributed by atoms with van der Waals surface area (Å²) in [6.07, 6.45) is 3.18. The van der Waals surface area contributed by atoms with Gasteiger partial charge in [0.1, 0.15) is 11.3 Å². The van der Waals surface area contributed by atoms with Crippen LogP contribution >= 0.6 is 0 Å². The zero-order chi connectivity index (χ0) is 18.8. The van der Waals surface area contributed by atoms with Gasteiger partial charge >= 0.3 is 5.97 Å². The number of fused-ring (bicyclic) bond motifs is 2. The summed E-state index contributed by atoms with van der Waals surface area (Å²) < 4.78 is 10.9. The van der Waals surface area contributed by atoms with E-state index in [2.05, 4.69) is 5.32 Å². The van der Waals surface area contributed by atoms with E-state index in [-0.39, 0.29) is 18.6 Å². The molecule has 1 heterocycles. The van der Waals surface area contributed by atoms with Crippen LogP contribution in [0.2, 0.25) is 0 Å². The molecule has 2 aromatic carbocycles. The smallest absolute Gasteiger partial charge is 0.338 e. The number of amides is 1. The van der Waals surface area contributed by atoms with Gasteiger partial charge in [-0.15, -0.1) is 0 Å². The second kappa shape index (κ2) is 7.27. The molecule has 27 heavy (non-hydrogen) atoms. The molecule has 3 aromatic rings. The summed E-state index contributed by atoms with van der Waals surface area (Å²) in [5, 5.41) is 3.78. The number of hydrogen-bond acceptors (Lipinski definition) is 4. The standard InChI is InChI=1S/C22H21NO4/c1-14(20-12-17-5-2-3-8-19(17)27-20)23-21(24)13-26-22(25)18-10-9-15-6-4-7-16(15)11-18/h2-3,5,8-12,14H,4,6-7,13H2,1H3,(H,23,24)/t14-/m1/s1. The van der Waals surface area contributed by atoms with Crippen molar-refractivity contribution in [3.05, 3.63) is 71.0 Å². The largest absolute Gasteiger partial charge is 0.459 e. The van der Waals surface area contributed by atoms with E-state index in [0.717, 1.165) is 30.2 Å². The Morgan fingerprint density at radius 2 is 1.93 bits per heavy atom. The maximum Gasteiger partial charge on any atom is 0.338 e. The van der Waals surface area contributed by atoms with Crippen LogP contribution in [0.4, 0.5) is 0 Å². The summed E-state index contributed by atoms with van der Waals surface area (Å²) in [5.41, 5.74) is 3.77. The molecule has 1 N–H and O–H groups in total. The zero-order valence-corrected chi connectivity index (χ0v) is 15.2. The quantitative estimate of drug-likeness (QED) is 0.697. The van der Waals surface area contributed by atoms with Gasteiger partial charge in [-0.05, 0) is 61.6 Å². The third-order valence-electron chi connectivity index (χ3n) is 4.92. The molecular formula is C22H21NO4. The van der Waals surface area contributed by atoms with Crippen LogP contribution in [0.15, 0.2) is 52.9 Å². The normalized spacial score (nSPS) is 14.0. The molecule has 0 bridgehead atoms. The molecule has 0 aliphatic heterocycles. The second-order valence-corrected chi connectivity index (χ2v) is 6.89. The van der Waals surface area contributed by atoms with E-state index in [4.69, 9.17) is 9.15 Å². The second-order valence-electron chi connectivity index (χ2n) is 6.89. The van der Waals surface area contributed by atoms with Crippen molar-refractivity contribution in [3.8, 4) is 0 Å². The zero-order valence-electron chi connectivity index (χ0n) is 15.2. The number of furan rings is 1. The molecule has 1 amide bonds. The first kappa shape index (κ1) is 17.3. The van der Waals surface area contributed by atoms with Crippen molar-refractivity contribution in [1.82, 2.24) is 5.32 Å². The van der Waals surface area contributed by atoms with Gasteiger partial charge in [-0.25, -0.2) is 4.79 Å². The van der Waals surface area contributed by atoms with Crippen molar-refractivity contribution >= 4 is 22.8 Å². The highest BCUT2D eigenvalue weighted by Gasteiger charge is 2.18. The van der Waals surface area contributed by atoms with Crippen molar-refractivity contribution < 1.29 is 18.7 Å². The fraction of sp³-hybridized carbons (Fsp3) is 0.273.